The minimum atomic E-state index is -1.01. The Morgan fingerprint density at radius 3 is 2.29 bits per heavy atom. The number of halogens is 1. The molecule has 1 aliphatic carbocycles. The first kappa shape index (κ1) is 42.1. The molecule has 2 atom stereocenters. The number of carbonyl (C=O) groups excluding carboxylic acids is 6. The third kappa shape index (κ3) is 8.88. The molecule has 1 unspecified atom stereocenters. The van der Waals surface area contributed by atoms with Gasteiger partial charge in [0.2, 0.25) is 23.6 Å². The summed E-state index contributed by atoms with van der Waals surface area (Å²) < 4.78 is 20.3. The zero-order chi connectivity index (χ0) is 43.8. The quantitative estimate of drug-likeness (QED) is 0.195. The molecule has 0 bridgehead atoms. The molecule has 15 heteroatoms. The van der Waals surface area contributed by atoms with Gasteiger partial charge in [-0.25, -0.2) is 4.39 Å². The van der Waals surface area contributed by atoms with Gasteiger partial charge in [0.1, 0.15) is 23.7 Å². The van der Waals surface area contributed by atoms with Crippen LogP contribution in [-0.2, 0) is 19.2 Å². The van der Waals surface area contributed by atoms with E-state index in [0.29, 0.717) is 64.6 Å². The molecule has 328 valence electrons. The fourth-order valence-corrected chi connectivity index (χ4v) is 10.0. The van der Waals surface area contributed by atoms with Crippen LogP contribution in [0.1, 0.15) is 90.5 Å². The van der Waals surface area contributed by atoms with E-state index in [2.05, 4.69) is 25.4 Å². The van der Waals surface area contributed by atoms with E-state index in [1.54, 1.807) is 30.5 Å². The number of piperazine rings is 1. The number of nitrogens with one attached hydrogen (secondary N) is 2. The Kier molecular flexibility index (Phi) is 11.9. The highest BCUT2D eigenvalue weighted by Crippen LogP contribution is 2.41. The number of piperidine rings is 2. The van der Waals surface area contributed by atoms with Gasteiger partial charge in [-0.3, -0.25) is 48.9 Å². The molecule has 3 aromatic carbocycles. The van der Waals surface area contributed by atoms with Gasteiger partial charge in [0.15, 0.2) is 0 Å². The number of pyridine rings is 1. The maximum Gasteiger partial charge on any atom is 0.262 e. The zero-order valence-electron chi connectivity index (χ0n) is 35.4. The predicted octanol–water partition coefficient (Wildman–Crippen LogP) is 5.52. The van der Waals surface area contributed by atoms with Crippen LogP contribution < -0.4 is 20.3 Å². The first-order valence-corrected chi connectivity index (χ1v) is 22.2. The van der Waals surface area contributed by atoms with Crippen molar-refractivity contribution >= 4 is 57.7 Å². The molecule has 1 saturated carbocycles. The third-order valence-electron chi connectivity index (χ3n) is 13.8. The normalized spacial score (nSPS) is 22.8. The Balaban J connectivity index is 0.687. The van der Waals surface area contributed by atoms with Crippen LogP contribution in [0.15, 0.2) is 72.9 Å². The topological polar surface area (TPSA) is 162 Å². The van der Waals surface area contributed by atoms with E-state index in [-0.39, 0.29) is 59.5 Å². The molecule has 1 aromatic heterocycles. The first-order valence-electron chi connectivity index (χ1n) is 22.2. The average Bonchev–Trinajstić information content (AvgIpc) is 3.54. The molecular formula is C48H52FN7O7. The molecule has 63 heavy (non-hydrogen) atoms. The van der Waals surface area contributed by atoms with Crippen LogP contribution in [0.4, 0.5) is 15.8 Å². The van der Waals surface area contributed by atoms with Gasteiger partial charge in [-0.15, -0.1) is 0 Å². The molecule has 4 aliphatic heterocycles. The number of rotatable bonds is 10. The second kappa shape index (κ2) is 17.9. The van der Waals surface area contributed by atoms with Crippen LogP contribution in [0.25, 0.3) is 10.9 Å². The number of hydrogen-bond donors (Lipinski definition) is 2. The van der Waals surface area contributed by atoms with Crippen LogP contribution in [0.3, 0.4) is 0 Å². The number of nitrogens with zero attached hydrogens (tertiary/aromatic N) is 5. The van der Waals surface area contributed by atoms with Crippen LogP contribution in [-0.4, -0.2) is 113 Å². The summed E-state index contributed by atoms with van der Waals surface area (Å²) in [5.41, 5.74) is 3.96. The summed E-state index contributed by atoms with van der Waals surface area (Å²) in [5.74, 6) is -1.12. The molecule has 2 N–H and O–H groups in total. The number of anilines is 2. The van der Waals surface area contributed by atoms with Gasteiger partial charge in [-0.2, -0.15) is 0 Å². The molecule has 0 spiro atoms. The van der Waals surface area contributed by atoms with Gasteiger partial charge in [0.05, 0.1) is 23.2 Å². The number of amides is 6. The van der Waals surface area contributed by atoms with Crippen molar-refractivity contribution in [2.45, 2.75) is 76.4 Å². The van der Waals surface area contributed by atoms with Crippen molar-refractivity contribution in [3.8, 4) is 5.75 Å². The number of benzene rings is 3. The van der Waals surface area contributed by atoms with Crippen LogP contribution >= 0.6 is 0 Å². The van der Waals surface area contributed by atoms with E-state index in [4.69, 9.17) is 4.74 Å². The first-order chi connectivity index (χ1) is 30.5. The predicted molar refractivity (Wildman–Crippen MR) is 233 cm³/mol. The maximum atomic E-state index is 14.0. The summed E-state index contributed by atoms with van der Waals surface area (Å²) in [7, 11) is 0. The summed E-state index contributed by atoms with van der Waals surface area (Å²) in [5, 5.41) is 6.19. The molecule has 14 nitrogen and oxygen atoms in total. The molecule has 0 radical (unpaired) electrons. The smallest absolute Gasteiger partial charge is 0.262 e. The van der Waals surface area contributed by atoms with E-state index >= 15 is 0 Å². The molecule has 4 aromatic rings. The van der Waals surface area contributed by atoms with Crippen LogP contribution in [0, 0.1) is 17.7 Å². The van der Waals surface area contributed by atoms with Crippen molar-refractivity contribution in [1.82, 2.24) is 25.0 Å². The van der Waals surface area contributed by atoms with Crippen molar-refractivity contribution in [3.05, 3.63) is 95.4 Å². The summed E-state index contributed by atoms with van der Waals surface area (Å²) in [6, 6.07) is 18.4. The standard InChI is InChI=1S/C48H52FN7O7/c1-29(30-2-4-31(5-3-30)37-16-19-50-41-13-6-32(49)26-39(37)41)45(59)51-33-7-10-35(11-8-33)63-36-17-20-55(21-18-36)44(58)28-53-22-24-54(25-23-53)34-9-12-38-40(27-34)48(62)56(47(38)61)42-14-15-43(57)52-46(42)60/h6-13,16,19,26-27,29-31,36,42H,2-5,14-15,17-18,20-25,28H2,1H3,(H,51,59)(H,52,57,60)/t29-,30-,31+,42?/m1/s1. The third-order valence-corrected chi connectivity index (χ3v) is 13.8. The largest absolute Gasteiger partial charge is 0.490 e. The number of ether oxygens (including phenoxy) is 1. The highest BCUT2D eigenvalue weighted by atomic mass is 19.1. The number of likely N-dealkylation sites (tertiary alicyclic amines) is 1. The van der Waals surface area contributed by atoms with Crippen molar-refractivity contribution < 1.29 is 37.9 Å². The Morgan fingerprint density at radius 2 is 1.56 bits per heavy atom. The lowest BCUT2D eigenvalue weighted by molar-refractivity contribution is -0.136. The summed E-state index contributed by atoms with van der Waals surface area (Å²) in [4.78, 5) is 88.7. The van der Waals surface area contributed by atoms with E-state index in [1.807, 2.05) is 48.2 Å². The van der Waals surface area contributed by atoms with Crippen molar-refractivity contribution in [2.75, 3.05) is 56.0 Å². The van der Waals surface area contributed by atoms with Gasteiger partial charge < -0.3 is 19.9 Å². The fourth-order valence-electron chi connectivity index (χ4n) is 10.0. The molecular weight excluding hydrogens is 806 g/mol. The average molecular weight is 858 g/mol. The van der Waals surface area contributed by atoms with E-state index in [1.165, 1.54) is 6.07 Å². The zero-order valence-corrected chi connectivity index (χ0v) is 35.4. The van der Waals surface area contributed by atoms with E-state index in [9.17, 15) is 33.2 Å². The lowest BCUT2D eigenvalue weighted by atomic mass is 9.73. The highest BCUT2D eigenvalue weighted by Gasteiger charge is 2.45. The summed E-state index contributed by atoms with van der Waals surface area (Å²) in [6.07, 6.45) is 7.13. The second-order valence-corrected chi connectivity index (χ2v) is 17.6. The minimum absolute atomic E-state index is 0.000398. The lowest BCUT2D eigenvalue weighted by Crippen LogP contribution is -2.54. The number of carbonyl (C=O) groups is 6. The number of imide groups is 2. The van der Waals surface area contributed by atoms with Crippen molar-refractivity contribution in [1.29, 1.82) is 0 Å². The van der Waals surface area contributed by atoms with E-state index < -0.39 is 29.7 Å². The molecule has 3 saturated heterocycles. The molecule has 9 rings (SSSR count). The van der Waals surface area contributed by atoms with Gasteiger partial charge in [0.25, 0.3) is 11.8 Å². The fraction of sp³-hybridized carbons (Fsp3) is 0.438. The Hall–Kier alpha value is -6.22. The van der Waals surface area contributed by atoms with Crippen molar-refractivity contribution in [3.63, 3.8) is 0 Å². The van der Waals surface area contributed by atoms with Crippen LogP contribution in [0.2, 0.25) is 0 Å². The monoisotopic (exact) mass is 857 g/mol. The minimum Gasteiger partial charge on any atom is -0.490 e. The number of fused-ring (bicyclic) bond motifs is 2. The molecule has 6 amide bonds. The van der Waals surface area contributed by atoms with Gasteiger partial charge >= 0.3 is 0 Å². The Morgan fingerprint density at radius 1 is 0.825 bits per heavy atom. The Labute approximate surface area is 365 Å². The lowest BCUT2D eigenvalue weighted by Gasteiger charge is -2.38. The summed E-state index contributed by atoms with van der Waals surface area (Å²) >= 11 is 0. The van der Waals surface area contributed by atoms with Gasteiger partial charge in [0, 0.05) is 87.4 Å². The summed E-state index contributed by atoms with van der Waals surface area (Å²) in [6.45, 7) is 6.11. The van der Waals surface area contributed by atoms with Crippen LogP contribution in [0.5, 0.6) is 5.75 Å². The highest BCUT2D eigenvalue weighted by molar-refractivity contribution is 6.23. The van der Waals surface area contributed by atoms with Gasteiger partial charge in [-0.05, 0) is 116 Å². The Bertz CT molecular complexity index is 2440. The number of hydrogen-bond acceptors (Lipinski definition) is 10. The van der Waals surface area contributed by atoms with Gasteiger partial charge in [-0.1, -0.05) is 6.92 Å². The van der Waals surface area contributed by atoms with E-state index in [0.717, 1.165) is 64.2 Å². The molecule has 5 heterocycles. The molecule has 5 aliphatic rings. The maximum absolute atomic E-state index is 14.0. The molecule has 4 fully saturated rings. The second-order valence-electron chi connectivity index (χ2n) is 17.6. The van der Waals surface area contributed by atoms with Crippen molar-refractivity contribution in [2.24, 2.45) is 11.8 Å². The number of aromatic nitrogens is 1. The SMILES string of the molecule is C[C@@H](C(=O)Nc1ccc(OC2CCN(C(=O)CN3CCN(c4ccc5c(c4)C(=O)N(C4CCC(=O)NC4=O)C5=O)CC3)CC2)cc1)[C@H]1CC[C@@H](c2ccnc3ccc(F)cc32)CC1.